The van der Waals surface area contributed by atoms with Crippen molar-refractivity contribution in [3.8, 4) is 0 Å². The highest BCUT2D eigenvalue weighted by atomic mass is 19.4. The van der Waals surface area contributed by atoms with E-state index in [2.05, 4.69) is 5.32 Å². The molecule has 14 heavy (non-hydrogen) atoms. The number of aliphatic carboxylic acids is 1. The van der Waals surface area contributed by atoms with Gasteiger partial charge in [0.2, 0.25) is 0 Å². The second-order valence-corrected chi connectivity index (χ2v) is 3.04. The lowest BCUT2D eigenvalue weighted by molar-refractivity contribution is -0.139. The van der Waals surface area contributed by atoms with Crippen molar-refractivity contribution in [3.05, 3.63) is 0 Å². The van der Waals surface area contributed by atoms with Crippen molar-refractivity contribution in [1.29, 1.82) is 0 Å². The number of unbranched alkanes of at least 4 members (excludes halogenated alkanes) is 1. The van der Waals surface area contributed by atoms with Crippen molar-refractivity contribution < 1.29 is 23.1 Å². The van der Waals surface area contributed by atoms with Gasteiger partial charge in [0.25, 0.3) is 0 Å². The Hall–Kier alpha value is -0.780. The third kappa shape index (κ3) is 6.71. The highest BCUT2D eigenvalue weighted by Gasteiger charge is 2.26. The predicted molar refractivity (Wildman–Crippen MR) is 45.0 cm³/mol. The molecule has 0 aliphatic heterocycles. The molecule has 84 valence electrons. The highest BCUT2D eigenvalue weighted by molar-refractivity contribution is 5.73. The Bertz CT molecular complexity index is 182. The molecule has 0 aliphatic rings. The zero-order valence-corrected chi connectivity index (χ0v) is 7.90. The van der Waals surface area contributed by atoms with E-state index >= 15 is 0 Å². The van der Waals surface area contributed by atoms with Crippen molar-refractivity contribution >= 4 is 5.97 Å². The number of hydrogen-bond acceptors (Lipinski definition) is 2. The van der Waals surface area contributed by atoms with Gasteiger partial charge in [-0.05, 0) is 19.9 Å². The third-order valence-electron chi connectivity index (χ3n) is 1.85. The number of likely N-dealkylation sites (N-methyl/N-ethyl adjacent to an activating group) is 1. The lowest BCUT2D eigenvalue weighted by Crippen LogP contribution is -2.33. The quantitative estimate of drug-likeness (QED) is 0.661. The Labute approximate surface area is 80.3 Å². The molecule has 0 aliphatic carbocycles. The lowest BCUT2D eigenvalue weighted by atomic mass is 10.1. The topological polar surface area (TPSA) is 49.3 Å². The van der Waals surface area contributed by atoms with Crippen LogP contribution in [0.1, 0.15) is 25.7 Å². The minimum atomic E-state index is -4.14. The summed E-state index contributed by atoms with van der Waals surface area (Å²) in [4.78, 5) is 10.4. The van der Waals surface area contributed by atoms with E-state index in [0.29, 0.717) is 0 Å². The molecule has 6 heteroatoms. The van der Waals surface area contributed by atoms with Gasteiger partial charge in [-0.1, -0.05) is 6.42 Å². The van der Waals surface area contributed by atoms with Crippen LogP contribution in [0.15, 0.2) is 0 Å². The van der Waals surface area contributed by atoms with Crippen molar-refractivity contribution in [2.45, 2.75) is 37.9 Å². The van der Waals surface area contributed by atoms with Crippen molar-refractivity contribution in [1.82, 2.24) is 5.32 Å². The molecule has 0 saturated heterocycles. The van der Waals surface area contributed by atoms with Crippen LogP contribution in [0, 0.1) is 0 Å². The normalized spacial score (nSPS) is 14.0. The minimum absolute atomic E-state index is 0.0189. The molecule has 0 radical (unpaired) electrons. The molecule has 0 amide bonds. The fourth-order valence-corrected chi connectivity index (χ4v) is 1.07. The molecule has 0 aromatic heterocycles. The van der Waals surface area contributed by atoms with Crippen LogP contribution in [-0.2, 0) is 4.79 Å². The molecule has 0 saturated carbocycles. The number of nitrogens with one attached hydrogen (secondary N) is 1. The number of alkyl halides is 3. The number of rotatable bonds is 6. The van der Waals surface area contributed by atoms with E-state index < -0.39 is 24.6 Å². The Morgan fingerprint density at radius 3 is 2.36 bits per heavy atom. The van der Waals surface area contributed by atoms with E-state index in [0.717, 1.165) is 0 Å². The predicted octanol–water partition coefficient (Wildman–Crippen LogP) is 1.78. The standard InChI is InChI=1S/C8H14F3NO2/c1-12-6(7(13)14)4-2-3-5-8(9,10)11/h6,12H,2-5H2,1H3,(H,13,14)/t6-/m0/s1. The summed E-state index contributed by atoms with van der Waals surface area (Å²) in [5, 5.41) is 11.1. The van der Waals surface area contributed by atoms with Gasteiger partial charge in [0.15, 0.2) is 0 Å². The molecule has 3 nitrogen and oxygen atoms in total. The first-order valence-corrected chi connectivity index (χ1v) is 4.33. The van der Waals surface area contributed by atoms with E-state index in [1.807, 2.05) is 0 Å². The monoisotopic (exact) mass is 213 g/mol. The fraction of sp³-hybridized carbons (Fsp3) is 0.875. The SMILES string of the molecule is CN[C@@H](CCCCC(F)(F)F)C(=O)O. The van der Waals surface area contributed by atoms with Gasteiger partial charge in [0.05, 0.1) is 0 Å². The summed E-state index contributed by atoms with van der Waals surface area (Å²) in [7, 11) is 1.47. The van der Waals surface area contributed by atoms with Crippen LogP contribution in [0.3, 0.4) is 0 Å². The maximum absolute atomic E-state index is 11.7. The molecule has 0 aromatic rings. The number of carboxylic acids is 1. The summed E-state index contributed by atoms with van der Waals surface area (Å²) in [6.07, 6.45) is -4.52. The number of hydrogen-bond donors (Lipinski definition) is 2. The summed E-state index contributed by atoms with van der Waals surface area (Å²) in [6, 6.07) is -0.747. The van der Waals surface area contributed by atoms with E-state index in [1.54, 1.807) is 0 Å². The molecular formula is C8H14F3NO2. The van der Waals surface area contributed by atoms with Crippen LogP contribution < -0.4 is 5.32 Å². The van der Waals surface area contributed by atoms with Crippen LogP contribution >= 0.6 is 0 Å². The molecule has 2 N–H and O–H groups in total. The Morgan fingerprint density at radius 2 is 2.00 bits per heavy atom. The summed E-state index contributed by atoms with van der Waals surface area (Å²) in [5.41, 5.74) is 0. The van der Waals surface area contributed by atoms with Crippen molar-refractivity contribution in [2.24, 2.45) is 0 Å². The first-order valence-electron chi connectivity index (χ1n) is 4.33. The molecule has 0 rings (SSSR count). The molecule has 0 unspecified atom stereocenters. The third-order valence-corrected chi connectivity index (χ3v) is 1.85. The highest BCUT2D eigenvalue weighted by Crippen LogP contribution is 2.22. The summed E-state index contributed by atoms with van der Waals surface area (Å²) >= 11 is 0. The van der Waals surface area contributed by atoms with E-state index in [9.17, 15) is 18.0 Å². The molecule has 0 fully saturated rings. The minimum Gasteiger partial charge on any atom is -0.480 e. The van der Waals surface area contributed by atoms with Crippen LogP contribution in [0.4, 0.5) is 13.2 Å². The Morgan fingerprint density at radius 1 is 1.43 bits per heavy atom. The van der Waals surface area contributed by atoms with Crippen LogP contribution in [0.5, 0.6) is 0 Å². The van der Waals surface area contributed by atoms with Gasteiger partial charge in [-0.3, -0.25) is 4.79 Å². The largest absolute Gasteiger partial charge is 0.480 e. The van der Waals surface area contributed by atoms with Crippen LogP contribution in [0.2, 0.25) is 0 Å². The molecular weight excluding hydrogens is 199 g/mol. The van der Waals surface area contributed by atoms with Gasteiger partial charge in [-0.2, -0.15) is 13.2 Å². The van der Waals surface area contributed by atoms with Gasteiger partial charge in [-0.25, -0.2) is 0 Å². The average molecular weight is 213 g/mol. The molecule has 0 heterocycles. The first kappa shape index (κ1) is 13.2. The van der Waals surface area contributed by atoms with Gasteiger partial charge in [-0.15, -0.1) is 0 Å². The lowest BCUT2D eigenvalue weighted by Gasteiger charge is -2.11. The first-order chi connectivity index (χ1) is 6.37. The average Bonchev–Trinajstić information content (AvgIpc) is 2.01. The molecule has 0 spiro atoms. The number of halogens is 3. The summed E-state index contributed by atoms with van der Waals surface area (Å²) in [6.45, 7) is 0. The maximum atomic E-state index is 11.7. The summed E-state index contributed by atoms with van der Waals surface area (Å²) < 4.78 is 35.1. The number of carbonyl (C=O) groups is 1. The van der Waals surface area contributed by atoms with E-state index in [-0.39, 0.29) is 19.3 Å². The second-order valence-electron chi connectivity index (χ2n) is 3.04. The molecule has 1 atom stereocenters. The Kier molecular flexibility index (Phi) is 5.52. The fourth-order valence-electron chi connectivity index (χ4n) is 1.07. The van der Waals surface area contributed by atoms with E-state index in [1.165, 1.54) is 7.05 Å². The zero-order chi connectivity index (χ0) is 11.2. The summed E-state index contributed by atoms with van der Waals surface area (Å²) in [5.74, 6) is -1.03. The van der Waals surface area contributed by atoms with Crippen LogP contribution in [-0.4, -0.2) is 30.3 Å². The van der Waals surface area contributed by atoms with Gasteiger partial charge in [0.1, 0.15) is 6.04 Å². The van der Waals surface area contributed by atoms with Crippen molar-refractivity contribution in [2.75, 3.05) is 7.05 Å². The second kappa shape index (κ2) is 5.85. The maximum Gasteiger partial charge on any atom is 0.389 e. The number of carboxylic acid groups (broad SMARTS) is 1. The Balaban J connectivity index is 3.58. The van der Waals surface area contributed by atoms with Gasteiger partial charge in [0, 0.05) is 6.42 Å². The van der Waals surface area contributed by atoms with Crippen molar-refractivity contribution in [3.63, 3.8) is 0 Å². The smallest absolute Gasteiger partial charge is 0.389 e. The van der Waals surface area contributed by atoms with E-state index in [4.69, 9.17) is 5.11 Å². The zero-order valence-electron chi connectivity index (χ0n) is 7.90. The van der Waals surface area contributed by atoms with Crippen LogP contribution in [0.25, 0.3) is 0 Å². The molecule has 0 aromatic carbocycles. The molecule has 0 bridgehead atoms. The van der Waals surface area contributed by atoms with Gasteiger partial charge < -0.3 is 10.4 Å². The van der Waals surface area contributed by atoms with Gasteiger partial charge >= 0.3 is 12.1 Å².